The van der Waals surface area contributed by atoms with Crippen LogP contribution in [0.15, 0.2) is 0 Å². The number of rotatable bonds is 6. The standard InChI is InChI=1S/C7H17NO2P/c1-7(2)6-10-11(9)5-3-4-8/h7H,3-6,8H2,1-2H3/q+1. The highest BCUT2D eigenvalue weighted by molar-refractivity contribution is 7.39. The lowest BCUT2D eigenvalue weighted by atomic mass is 10.2. The second kappa shape index (κ2) is 6.71. The van der Waals surface area contributed by atoms with Crippen LogP contribution >= 0.6 is 8.03 Å². The minimum Gasteiger partial charge on any atom is -0.330 e. The molecule has 2 N–H and O–H groups in total. The normalized spacial score (nSPS) is 12.2. The minimum absolute atomic E-state index is 0.451. The maximum absolute atomic E-state index is 11.0. The summed E-state index contributed by atoms with van der Waals surface area (Å²) >= 11 is 0. The fourth-order valence-corrected chi connectivity index (χ4v) is 1.55. The van der Waals surface area contributed by atoms with Gasteiger partial charge in [-0.15, -0.1) is 4.52 Å². The number of nitrogens with two attached hydrogens (primary N) is 1. The molecule has 66 valence electrons. The Morgan fingerprint density at radius 3 is 2.64 bits per heavy atom. The second-order valence-corrected chi connectivity index (χ2v) is 4.26. The molecule has 0 aromatic heterocycles. The highest BCUT2D eigenvalue weighted by Crippen LogP contribution is 2.23. The van der Waals surface area contributed by atoms with Crippen molar-refractivity contribution >= 4 is 8.03 Å². The molecule has 0 amide bonds. The van der Waals surface area contributed by atoms with Crippen LogP contribution in [-0.2, 0) is 9.09 Å². The molecule has 0 fully saturated rings. The lowest BCUT2D eigenvalue weighted by Gasteiger charge is -1.95. The Kier molecular flexibility index (Phi) is 6.73. The summed E-state index contributed by atoms with van der Waals surface area (Å²) in [5, 5.41) is 0. The van der Waals surface area contributed by atoms with Crippen molar-refractivity contribution in [2.45, 2.75) is 20.3 Å². The van der Waals surface area contributed by atoms with Crippen molar-refractivity contribution in [2.75, 3.05) is 19.3 Å². The van der Waals surface area contributed by atoms with Crippen LogP contribution < -0.4 is 5.73 Å². The maximum atomic E-state index is 11.0. The van der Waals surface area contributed by atoms with Crippen molar-refractivity contribution in [2.24, 2.45) is 11.7 Å². The first kappa shape index (κ1) is 11.0. The van der Waals surface area contributed by atoms with E-state index < -0.39 is 8.03 Å². The topological polar surface area (TPSA) is 52.3 Å². The molecule has 0 saturated carbocycles. The average molecular weight is 178 g/mol. The van der Waals surface area contributed by atoms with Gasteiger partial charge in [0.1, 0.15) is 6.61 Å². The van der Waals surface area contributed by atoms with Crippen molar-refractivity contribution in [3.05, 3.63) is 0 Å². The third-order valence-corrected chi connectivity index (χ3v) is 2.22. The van der Waals surface area contributed by atoms with Crippen molar-refractivity contribution in [3.8, 4) is 0 Å². The third-order valence-electron chi connectivity index (χ3n) is 1.10. The molecule has 0 radical (unpaired) electrons. The smallest absolute Gasteiger partial charge is 0.330 e. The molecule has 0 aliphatic carbocycles. The number of hydrogen-bond acceptors (Lipinski definition) is 3. The Hall–Kier alpha value is 0.0200. The monoisotopic (exact) mass is 178 g/mol. The molecule has 0 aromatic carbocycles. The van der Waals surface area contributed by atoms with Crippen LogP contribution in [-0.4, -0.2) is 19.3 Å². The molecule has 0 aromatic rings. The van der Waals surface area contributed by atoms with Crippen molar-refractivity contribution < 1.29 is 9.09 Å². The van der Waals surface area contributed by atoms with Crippen molar-refractivity contribution in [1.29, 1.82) is 0 Å². The molecule has 0 aliphatic heterocycles. The highest BCUT2D eigenvalue weighted by Gasteiger charge is 2.16. The Balaban J connectivity index is 3.23. The molecule has 1 unspecified atom stereocenters. The summed E-state index contributed by atoms with van der Waals surface area (Å²) in [5.74, 6) is 0.451. The van der Waals surface area contributed by atoms with E-state index in [4.69, 9.17) is 10.3 Å². The molecule has 3 nitrogen and oxygen atoms in total. The van der Waals surface area contributed by atoms with E-state index in [1.165, 1.54) is 0 Å². The van der Waals surface area contributed by atoms with Crippen LogP contribution in [0, 0.1) is 5.92 Å². The molecular weight excluding hydrogens is 161 g/mol. The fraction of sp³-hybridized carbons (Fsp3) is 1.00. The predicted molar refractivity (Wildman–Crippen MR) is 46.9 cm³/mol. The van der Waals surface area contributed by atoms with E-state index in [9.17, 15) is 4.57 Å². The first-order valence-electron chi connectivity index (χ1n) is 3.94. The summed E-state index contributed by atoms with van der Waals surface area (Å²) in [5.41, 5.74) is 5.25. The van der Waals surface area contributed by atoms with E-state index in [1.54, 1.807) is 0 Å². The van der Waals surface area contributed by atoms with Gasteiger partial charge in [0.15, 0.2) is 6.16 Å². The highest BCUT2D eigenvalue weighted by atomic mass is 31.1. The van der Waals surface area contributed by atoms with E-state index >= 15 is 0 Å². The van der Waals surface area contributed by atoms with Gasteiger partial charge in [-0.3, -0.25) is 0 Å². The van der Waals surface area contributed by atoms with Crippen LogP contribution in [0.3, 0.4) is 0 Å². The minimum atomic E-state index is -1.45. The van der Waals surface area contributed by atoms with Gasteiger partial charge < -0.3 is 5.73 Å². The van der Waals surface area contributed by atoms with Gasteiger partial charge in [-0.1, -0.05) is 13.8 Å². The van der Waals surface area contributed by atoms with Crippen LogP contribution in [0.1, 0.15) is 20.3 Å². The first-order chi connectivity index (χ1) is 5.16. The van der Waals surface area contributed by atoms with Gasteiger partial charge in [-0.2, -0.15) is 0 Å². The summed E-state index contributed by atoms with van der Waals surface area (Å²) in [7, 11) is -1.45. The van der Waals surface area contributed by atoms with E-state index in [1.807, 2.05) is 13.8 Å². The summed E-state index contributed by atoms with van der Waals surface area (Å²) in [6, 6.07) is 0. The largest absolute Gasteiger partial charge is 0.508 e. The quantitative estimate of drug-likeness (QED) is 0.630. The Bertz CT molecular complexity index is 117. The van der Waals surface area contributed by atoms with E-state index in [0.717, 1.165) is 6.42 Å². The Labute approximate surface area is 69.2 Å². The van der Waals surface area contributed by atoms with Gasteiger partial charge in [0, 0.05) is 6.42 Å². The summed E-state index contributed by atoms with van der Waals surface area (Å²) in [4.78, 5) is 0. The molecule has 0 spiro atoms. The molecule has 4 heteroatoms. The molecule has 0 saturated heterocycles. The fourth-order valence-electron chi connectivity index (χ4n) is 0.517. The molecule has 0 rings (SSSR count). The maximum Gasteiger partial charge on any atom is 0.508 e. The van der Waals surface area contributed by atoms with Crippen LogP contribution in [0.5, 0.6) is 0 Å². The lowest BCUT2D eigenvalue weighted by molar-refractivity contribution is 0.282. The molecule has 1 atom stereocenters. The molecule has 0 aliphatic rings. The van der Waals surface area contributed by atoms with Gasteiger partial charge in [0.25, 0.3) is 0 Å². The SMILES string of the molecule is CC(C)CO[P+](=O)CCCN. The summed E-state index contributed by atoms with van der Waals surface area (Å²) < 4.78 is 16.0. The second-order valence-electron chi connectivity index (χ2n) is 2.89. The van der Waals surface area contributed by atoms with E-state index in [2.05, 4.69) is 0 Å². The van der Waals surface area contributed by atoms with Crippen LogP contribution in [0.2, 0.25) is 0 Å². The average Bonchev–Trinajstić information content (AvgIpc) is 1.97. The number of hydrogen-bond donors (Lipinski definition) is 1. The lowest BCUT2D eigenvalue weighted by Crippen LogP contribution is -2.01. The molecule has 0 heterocycles. The zero-order valence-electron chi connectivity index (χ0n) is 7.25. The van der Waals surface area contributed by atoms with Gasteiger partial charge in [0.2, 0.25) is 0 Å². The Morgan fingerprint density at radius 1 is 1.55 bits per heavy atom. The molecular formula is C7H17NO2P+. The van der Waals surface area contributed by atoms with E-state index in [-0.39, 0.29) is 0 Å². The van der Waals surface area contributed by atoms with Crippen molar-refractivity contribution in [3.63, 3.8) is 0 Å². The summed E-state index contributed by atoms with van der Waals surface area (Å²) in [6.07, 6.45) is 1.38. The van der Waals surface area contributed by atoms with Crippen molar-refractivity contribution in [1.82, 2.24) is 0 Å². The Morgan fingerprint density at radius 2 is 2.18 bits per heavy atom. The first-order valence-corrected chi connectivity index (χ1v) is 5.30. The van der Waals surface area contributed by atoms with E-state index in [0.29, 0.717) is 25.2 Å². The zero-order valence-corrected chi connectivity index (χ0v) is 8.14. The predicted octanol–water partition coefficient (Wildman–Crippen LogP) is 1.75. The summed E-state index contributed by atoms with van der Waals surface area (Å²) in [6.45, 7) is 5.24. The van der Waals surface area contributed by atoms with Gasteiger partial charge in [0.05, 0.1) is 0 Å². The van der Waals surface area contributed by atoms with Gasteiger partial charge >= 0.3 is 8.03 Å². The van der Waals surface area contributed by atoms with Crippen LogP contribution in [0.25, 0.3) is 0 Å². The molecule has 11 heavy (non-hydrogen) atoms. The van der Waals surface area contributed by atoms with Crippen LogP contribution in [0.4, 0.5) is 0 Å². The zero-order chi connectivity index (χ0) is 8.69. The van der Waals surface area contributed by atoms with Gasteiger partial charge in [-0.05, 0) is 17.0 Å². The third kappa shape index (κ3) is 7.92. The molecule has 0 bridgehead atoms. The van der Waals surface area contributed by atoms with Gasteiger partial charge in [-0.25, -0.2) is 0 Å².